The van der Waals surface area contributed by atoms with Crippen LogP contribution in [0.2, 0.25) is 13.1 Å². The van der Waals surface area contributed by atoms with Gasteiger partial charge in [0.05, 0.1) is 51.1 Å². The molecular weight excluding hydrogens is 600 g/mol. The number of ketones is 1. The minimum absolute atomic E-state index is 0.169. The van der Waals surface area contributed by atoms with E-state index in [0.29, 0.717) is 31.2 Å². The fourth-order valence-electron chi connectivity index (χ4n) is 6.04. The first kappa shape index (κ1) is 35.8. The molecule has 0 saturated carbocycles. The van der Waals surface area contributed by atoms with Crippen molar-refractivity contribution < 1.29 is 37.6 Å². The molecule has 4 rings (SSSR count). The SMILES string of the molecule is C=C[Si](C)(C)OC[C@@]1(COCc2ccccc2)C2=C(C=CC(OCC)(OCC)C2=O)O[C@H]1C(C)(C)COCc1ccc(OC)cc1. The van der Waals surface area contributed by atoms with E-state index in [2.05, 4.69) is 33.5 Å². The number of hydrogen-bond acceptors (Lipinski definition) is 8. The Kier molecular flexibility index (Phi) is 11.9. The van der Waals surface area contributed by atoms with E-state index < -0.39 is 31.0 Å². The van der Waals surface area contributed by atoms with Crippen molar-refractivity contribution in [3.8, 4) is 5.75 Å². The largest absolute Gasteiger partial charge is 0.497 e. The van der Waals surface area contributed by atoms with Crippen LogP contribution in [-0.4, -0.2) is 66.1 Å². The molecule has 0 aromatic heterocycles. The van der Waals surface area contributed by atoms with Crippen LogP contribution in [-0.2, 0) is 46.1 Å². The van der Waals surface area contributed by atoms with Gasteiger partial charge in [-0.05, 0) is 62.4 Å². The van der Waals surface area contributed by atoms with Gasteiger partial charge in [-0.1, -0.05) is 62.0 Å². The fraction of sp³-hybridized carbons (Fsp3) is 0.486. The molecule has 0 fully saturated rings. The van der Waals surface area contributed by atoms with E-state index in [1.165, 1.54) is 0 Å². The molecule has 8 nitrogen and oxygen atoms in total. The lowest BCUT2D eigenvalue weighted by molar-refractivity contribution is -0.201. The molecule has 1 heterocycles. The highest BCUT2D eigenvalue weighted by Crippen LogP contribution is 2.54. The van der Waals surface area contributed by atoms with Crippen LogP contribution in [0.4, 0.5) is 0 Å². The van der Waals surface area contributed by atoms with Crippen molar-refractivity contribution in [2.45, 2.75) is 65.9 Å². The van der Waals surface area contributed by atoms with E-state index in [4.69, 9.17) is 32.8 Å². The molecule has 0 saturated heterocycles. The minimum atomic E-state index is -2.31. The Morgan fingerprint density at radius 2 is 1.57 bits per heavy atom. The Morgan fingerprint density at radius 3 is 2.17 bits per heavy atom. The Labute approximate surface area is 275 Å². The summed E-state index contributed by atoms with van der Waals surface area (Å²) in [6, 6.07) is 17.8. The van der Waals surface area contributed by atoms with E-state index in [-0.39, 0.29) is 32.2 Å². The molecule has 1 aliphatic heterocycles. The van der Waals surface area contributed by atoms with Gasteiger partial charge in [0.25, 0.3) is 5.79 Å². The van der Waals surface area contributed by atoms with Crippen LogP contribution >= 0.6 is 0 Å². The summed E-state index contributed by atoms with van der Waals surface area (Å²) in [6.45, 7) is 18.1. The third-order valence-electron chi connectivity index (χ3n) is 8.48. The molecule has 9 heteroatoms. The zero-order valence-electron chi connectivity index (χ0n) is 28.4. The van der Waals surface area contributed by atoms with Gasteiger partial charge < -0.3 is 32.8 Å². The number of allylic oxidation sites excluding steroid dienone is 1. The smallest absolute Gasteiger partial charge is 0.254 e. The van der Waals surface area contributed by atoms with Gasteiger partial charge in [0.2, 0.25) is 14.1 Å². The monoisotopic (exact) mass is 650 g/mol. The number of benzene rings is 2. The van der Waals surface area contributed by atoms with E-state index in [9.17, 15) is 4.79 Å². The topological polar surface area (TPSA) is 81.7 Å². The first-order chi connectivity index (χ1) is 22.0. The molecule has 0 radical (unpaired) electrons. The normalized spacial score (nSPS) is 20.8. The maximum absolute atomic E-state index is 14.7. The first-order valence-corrected chi connectivity index (χ1v) is 19.0. The van der Waals surface area contributed by atoms with Crippen LogP contribution in [0.15, 0.2) is 90.4 Å². The third kappa shape index (κ3) is 7.90. The number of carbonyl (C=O) groups excluding carboxylic acids is 1. The second-order valence-corrected chi connectivity index (χ2v) is 16.9. The Hall–Kier alpha value is -3.05. The average molecular weight is 651 g/mol. The van der Waals surface area contributed by atoms with E-state index in [0.717, 1.165) is 16.9 Å². The summed E-state index contributed by atoms with van der Waals surface area (Å²) in [6.07, 6.45) is 2.92. The Morgan fingerprint density at radius 1 is 0.935 bits per heavy atom. The van der Waals surface area contributed by atoms with E-state index >= 15 is 0 Å². The van der Waals surface area contributed by atoms with Crippen LogP contribution < -0.4 is 4.74 Å². The summed E-state index contributed by atoms with van der Waals surface area (Å²) >= 11 is 0. The average Bonchev–Trinajstić information content (AvgIpc) is 3.39. The van der Waals surface area contributed by atoms with Crippen LogP contribution in [0.1, 0.15) is 38.8 Å². The molecule has 1 aliphatic carbocycles. The lowest BCUT2D eigenvalue weighted by Crippen LogP contribution is -2.56. The minimum Gasteiger partial charge on any atom is -0.497 e. The van der Waals surface area contributed by atoms with Gasteiger partial charge in [0.15, 0.2) is 0 Å². The maximum atomic E-state index is 14.7. The number of Topliss-reactive ketones (excluding diaryl/α,β-unsaturated/α-hetero) is 1. The molecule has 2 atom stereocenters. The lowest BCUT2D eigenvalue weighted by atomic mass is 9.66. The predicted octanol–water partition coefficient (Wildman–Crippen LogP) is 6.95. The summed E-state index contributed by atoms with van der Waals surface area (Å²) in [7, 11) is -0.662. The van der Waals surface area contributed by atoms with E-state index in [1.54, 1.807) is 19.3 Å². The van der Waals surface area contributed by atoms with Crippen LogP contribution in [0.25, 0.3) is 0 Å². The van der Waals surface area contributed by atoms with Gasteiger partial charge in [-0.15, -0.1) is 6.58 Å². The highest BCUT2D eigenvalue weighted by atomic mass is 28.4. The standard InChI is InChI=1S/C37H50O8Si/c1-9-42-37(43-10-2)22-21-31-32(33(37)38)36(27-44-46(7,8)11-3,26-41-23-28-15-13-12-14-16-28)34(45-31)35(4,5)25-40-24-29-17-19-30(39-6)20-18-29/h11-22,34H,3,9-10,23-27H2,1-2,4-8H3/t34-,36-/m0/s1. The van der Waals surface area contributed by atoms with Crippen molar-refractivity contribution in [1.82, 2.24) is 0 Å². The van der Waals surface area contributed by atoms with Crippen molar-refractivity contribution >= 4 is 14.1 Å². The molecule has 0 bridgehead atoms. The Balaban J connectivity index is 1.73. The van der Waals surface area contributed by atoms with Gasteiger partial charge >= 0.3 is 0 Å². The van der Waals surface area contributed by atoms with Crippen LogP contribution in [0, 0.1) is 10.8 Å². The number of carbonyl (C=O) groups is 1. The van der Waals surface area contributed by atoms with Crippen molar-refractivity contribution in [3.63, 3.8) is 0 Å². The fourth-order valence-corrected chi connectivity index (χ4v) is 6.79. The van der Waals surface area contributed by atoms with Gasteiger partial charge in [-0.2, -0.15) is 0 Å². The highest BCUT2D eigenvalue weighted by molar-refractivity contribution is 6.76. The highest BCUT2D eigenvalue weighted by Gasteiger charge is 2.62. The summed E-state index contributed by atoms with van der Waals surface area (Å²) < 4.78 is 43.7. The van der Waals surface area contributed by atoms with Crippen molar-refractivity contribution in [2.75, 3.05) is 40.1 Å². The lowest BCUT2D eigenvalue weighted by Gasteiger charge is -2.45. The molecule has 0 unspecified atom stereocenters. The molecule has 2 aliphatic rings. The quantitative estimate of drug-likeness (QED) is 0.127. The number of methoxy groups -OCH3 is 1. The first-order valence-electron chi connectivity index (χ1n) is 16.0. The second kappa shape index (κ2) is 15.2. The number of rotatable bonds is 18. The molecule has 46 heavy (non-hydrogen) atoms. The maximum Gasteiger partial charge on any atom is 0.254 e. The Bertz CT molecular complexity index is 1380. The number of hydrogen-bond donors (Lipinski definition) is 0. The molecule has 0 N–H and O–H groups in total. The second-order valence-electron chi connectivity index (χ2n) is 13.0. The van der Waals surface area contributed by atoms with E-state index in [1.807, 2.05) is 74.1 Å². The zero-order valence-corrected chi connectivity index (χ0v) is 29.4. The molecular formula is C37H50O8Si. The molecule has 2 aromatic carbocycles. The van der Waals surface area contributed by atoms with Crippen molar-refractivity contribution in [2.24, 2.45) is 10.8 Å². The molecule has 250 valence electrons. The molecule has 2 aromatic rings. The predicted molar refractivity (Wildman–Crippen MR) is 181 cm³/mol. The third-order valence-corrected chi connectivity index (χ3v) is 10.4. The summed E-state index contributed by atoms with van der Waals surface area (Å²) in [5, 5.41) is 0. The summed E-state index contributed by atoms with van der Waals surface area (Å²) in [5.74, 6) is -0.584. The van der Waals surface area contributed by atoms with Gasteiger partial charge in [-0.3, -0.25) is 4.79 Å². The van der Waals surface area contributed by atoms with Gasteiger partial charge in [0.1, 0.15) is 17.6 Å². The van der Waals surface area contributed by atoms with Crippen LogP contribution in [0.5, 0.6) is 5.75 Å². The molecule has 0 spiro atoms. The van der Waals surface area contributed by atoms with Crippen molar-refractivity contribution in [3.05, 3.63) is 101 Å². The zero-order chi connectivity index (χ0) is 33.4. The number of ether oxygens (including phenoxy) is 6. The van der Waals surface area contributed by atoms with Crippen molar-refractivity contribution in [1.29, 1.82) is 0 Å². The molecule has 0 amide bonds. The van der Waals surface area contributed by atoms with Gasteiger partial charge in [-0.25, -0.2) is 0 Å². The van der Waals surface area contributed by atoms with Crippen LogP contribution in [0.3, 0.4) is 0 Å². The van der Waals surface area contributed by atoms with Gasteiger partial charge in [0, 0.05) is 18.6 Å². The summed E-state index contributed by atoms with van der Waals surface area (Å²) in [5.41, 5.74) is 2.81. The summed E-state index contributed by atoms with van der Waals surface area (Å²) in [4.78, 5) is 14.7.